The van der Waals surface area contributed by atoms with E-state index in [4.69, 9.17) is 0 Å². The second kappa shape index (κ2) is 9.84. The quantitative estimate of drug-likeness (QED) is 0.475. The summed E-state index contributed by atoms with van der Waals surface area (Å²) >= 11 is 0. The van der Waals surface area contributed by atoms with Gasteiger partial charge in [0, 0.05) is 6.04 Å². The number of benzene rings is 1. The molecule has 1 aromatic carbocycles. The maximum absolute atomic E-state index is 12.9. The summed E-state index contributed by atoms with van der Waals surface area (Å²) in [6.07, 6.45) is 0.806. The van der Waals surface area contributed by atoms with Crippen molar-refractivity contribution in [3.8, 4) is 5.75 Å². The highest BCUT2D eigenvalue weighted by atomic mass is 19.3. The summed E-state index contributed by atoms with van der Waals surface area (Å²) in [7, 11) is 1.74. The van der Waals surface area contributed by atoms with E-state index in [1.165, 1.54) is 12.1 Å². The minimum Gasteiger partial charge on any atom is -0.435 e. The first-order valence-electron chi connectivity index (χ1n) is 9.78. The Kier molecular flexibility index (Phi) is 7.71. The normalized spacial score (nSPS) is 19.9. The van der Waals surface area contributed by atoms with Crippen molar-refractivity contribution in [3.05, 3.63) is 29.8 Å². The van der Waals surface area contributed by atoms with Gasteiger partial charge in [-0.2, -0.15) is 8.78 Å². The van der Waals surface area contributed by atoms with Gasteiger partial charge < -0.3 is 20.3 Å². The number of hydrogen-bond acceptors (Lipinski definition) is 4. The van der Waals surface area contributed by atoms with E-state index in [0.29, 0.717) is 17.7 Å². The van der Waals surface area contributed by atoms with E-state index < -0.39 is 18.2 Å². The van der Waals surface area contributed by atoms with Gasteiger partial charge >= 0.3 is 12.6 Å². The zero-order valence-corrected chi connectivity index (χ0v) is 17.6. The van der Waals surface area contributed by atoms with Gasteiger partial charge in [-0.25, -0.2) is 9.69 Å². The minimum absolute atomic E-state index is 0.0151. The van der Waals surface area contributed by atoms with Gasteiger partial charge in [0.1, 0.15) is 11.3 Å². The van der Waals surface area contributed by atoms with Crippen molar-refractivity contribution in [2.45, 2.75) is 51.8 Å². The molecule has 10 heteroatoms. The first kappa shape index (κ1) is 23.5. The van der Waals surface area contributed by atoms with Crippen LogP contribution in [0.1, 0.15) is 32.8 Å². The van der Waals surface area contributed by atoms with E-state index in [0.717, 1.165) is 10.5 Å². The second-order valence-electron chi connectivity index (χ2n) is 8.03. The molecule has 8 nitrogen and oxygen atoms in total. The summed E-state index contributed by atoms with van der Waals surface area (Å²) in [4.78, 5) is 38.9. The average molecular weight is 427 g/mol. The molecule has 4 amide bonds. The summed E-state index contributed by atoms with van der Waals surface area (Å²) in [6, 6.07) is 5.68. The van der Waals surface area contributed by atoms with Crippen LogP contribution in [0, 0.1) is 0 Å². The van der Waals surface area contributed by atoms with Gasteiger partial charge in [-0.3, -0.25) is 9.59 Å². The predicted molar refractivity (Wildman–Crippen MR) is 105 cm³/mol. The summed E-state index contributed by atoms with van der Waals surface area (Å²) in [5.74, 6) is -0.450. The average Bonchev–Trinajstić information content (AvgIpc) is 2.83. The number of carbonyl (C=O) groups is 3. The molecule has 1 fully saturated rings. The smallest absolute Gasteiger partial charge is 0.387 e. The van der Waals surface area contributed by atoms with Crippen LogP contribution in [0.4, 0.5) is 13.6 Å². The molecule has 1 aromatic rings. The Labute approximate surface area is 174 Å². The Morgan fingerprint density at radius 3 is 2.47 bits per heavy atom. The van der Waals surface area contributed by atoms with Crippen LogP contribution < -0.4 is 20.3 Å². The van der Waals surface area contributed by atoms with Gasteiger partial charge in [-0.15, -0.1) is 0 Å². The van der Waals surface area contributed by atoms with Gasteiger partial charge in [0.2, 0.25) is 0 Å². The number of urea groups is 1. The lowest BCUT2D eigenvalue weighted by Crippen LogP contribution is -3.12. The van der Waals surface area contributed by atoms with Gasteiger partial charge in [-0.1, -0.05) is 12.1 Å². The molecule has 0 radical (unpaired) electrons. The molecule has 1 heterocycles. The molecule has 0 aromatic heterocycles. The third-order valence-electron chi connectivity index (χ3n) is 4.75. The highest BCUT2D eigenvalue weighted by Gasteiger charge is 2.48. The lowest BCUT2D eigenvalue weighted by Gasteiger charge is -2.23. The topological polar surface area (TPSA) is 92.2 Å². The Balaban J connectivity index is 1.92. The molecule has 1 aliphatic heterocycles. The standard InChI is InChI=1S/C20H28F2N4O4/c1-13(2)23-16(27)11-25(4)12-26-17(28)20(3,24-19(26)29)10-9-14-5-7-15(8-6-14)30-18(21)22/h5-8,13,18H,9-12H2,1-4H3,(H,23,27)(H,24,29)/p+1/t20-/m0/s1. The number of carbonyl (C=O) groups excluding carboxylic acids is 3. The van der Waals surface area contributed by atoms with Crippen molar-refractivity contribution in [1.29, 1.82) is 0 Å². The summed E-state index contributed by atoms with van der Waals surface area (Å²) < 4.78 is 28.8. The minimum atomic E-state index is -2.89. The number of amides is 4. The van der Waals surface area contributed by atoms with Crippen LogP contribution in [0.25, 0.3) is 0 Å². The summed E-state index contributed by atoms with van der Waals surface area (Å²) in [6.45, 7) is 2.70. The molecule has 3 N–H and O–H groups in total. The van der Waals surface area contributed by atoms with Crippen LogP contribution in [0.2, 0.25) is 0 Å². The van der Waals surface area contributed by atoms with Crippen LogP contribution in [-0.2, 0) is 16.0 Å². The van der Waals surface area contributed by atoms with Crippen LogP contribution in [0.15, 0.2) is 24.3 Å². The molecular formula is C20H29F2N4O4+. The number of imide groups is 1. The number of alkyl halides is 2. The Bertz CT molecular complexity index is 773. The van der Waals surface area contributed by atoms with Crippen LogP contribution in [-0.4, -0.2) is 61.2 Å². The molecule has 30 heavy (non-hydrogen) atoms. The number of halogens is 2. The third-order valence-corrected chi connectivity index (χ3v) is 4.75. The number of ether oxygens (including phenoxy) is 1. The zero-order chi connectivity index (χ0) is 22.5. The van der Waals surface area contributed by atoms with Gasteiger partial charge in [0.15, 0.2) is 13.2 Å². The SMILES string of the molecule is CC(C)NC(=O)C[NH+](C)CN1C(=O)N[C@@](C)(CCc2ccc(OC(F)F)cc2)C1=O. The molecule has 0 spiro atoms. The molecule has 166 valence electrons. The maximum Gasteiger partial charge on any atom is 0.387 e. The zero-order valence-electron chi connectivity index (χ0n) is 17.6. The lowest BCUT2D eigenvalue weighted by molar-refractivity contribution is -0.879. The number of quaternary nitrogens is 1. The van der Waals surface area contributed by atoms with E-state index in [-0.39, 0.29) is 36.8 Å². The van der Waals surface area contributed by atoms with E-state index >= 15 is 0 Å². The van der Waals surface area contributed by atoms with E-state index in [9.17, 15) is 23.2 Å². The van der Waals surface area contributed by atoms with Crippen molar-refractivity contribution in [3.63, 3.8) is 0 Å². The molecule has 2 atom stereocenters. The number of hydrogen-bond donors (Lipinski definition) is 3. The number of nitrogens with zero attached hydrogens (tertiary/aromatic N) is 1. The maximum atomic E-state index is 12.9. The molecule has 1 aliphatic rings. The van der Waals surface area contributed by atoms with Gasteiger partial charge in [-0.05, 0) is 51.3 Å². The Hall–Kier alpha value is -2.75. The van der Waals surface area contributed by atoms with Crippen LogP contribution >= 0.6 is 0 Å². The highest BCUT2D eigenvalue weighted by molar-refractivity contribution is 6.06. The second-order valence-corrected chi connectivity index (χ2v) is 8.03. The van der Waals surface area contributed by atoms with E-state index in [2.05, 4.69) is 15.4 Å². The Morgan fingerprint density at radius 2 is 1.90 bits per heavy atom. The van der Waals surface area contributed by atoms with Crippen molar-refractivity contribution in [2.24, 2.45) is 0 Å². The molecule has 0 bridgehead atoms. The summed E-state index contributed by atoms with van der Waals surface area (Å²) in [5, 5.41) is 5.50. The first-order chi connectivity index (χ1) is 14.0. The van der Waals surface area contributed by atoms with Crippen molar-refractivity contribution < 1.29 is 32.8 Å². The fourth-order valence-corrected chi connectivity index (χ4v) is 3.26. The van der Waals surface area contributed by atoms with E-state index in [1.54, 1.807) is 26.1 Å². The number of aryl methyl sites for hydroxylation is 1. The monoisotopic (exact) mass is 427 g/mol. The largest absolute Gasteiger partial charge is 0.435 e. The predicted octanol–water partition coefficient (Wildman–Crippen LogP) is 0.528. The van der Waals surface area contributed by atoms with Gasteiger partial charge in [0.25, 0.3) is 11.8 Å². The Morgan fingerprint density at radius 1 is 1.27 bits per heavy atom. The molecule has 0 aliphatic carbocycles. The van der Waals surface area contributed by atoms with Crippen molar-refractivity contribution in [1.82, 2.24) is 15.5 Å². The number of likely N-dealkylation sites (N-methyl/N-ethyl adjacent to an activating group) is 1. The molecule has 1 unspecified atom stereocenters. The molecule has 2 rings (SSSR count). The fourth-order valence-electron chi connectivity index (χ4n) is 3.26. The molecular weight excluding hydrogens is 398 g/mol. The number of rotatable bonds is 10. The van der Waals surface area contributed by atoms with Gasteiger partial charge in [0.05, 0.1) is 7.05 Å². The van der Waals surface area contributed by atoms with Crippen LogP contribution in [0.5, 0.6) is 5.75 Å². The highest BCUT2D eigenvalue weighted by Crippen LogP contribution is 2.23. The first-order valence-corrected chi connectivity index (χ1v) is 9.78. The fraction of sp³-hybridized carbons (Fsp3) is 0.550. The van der Waals surface area contributed by atoms with Crippen molar-refractivity contribution in [2.75, 3.05) is 20.3 Å². The van der Waals surface area contributed by atoms with E-state index in [1.807, 2.05) is 13.8 Å². The summed E-state index contributed by atoms with van der Waals surface area (Å²) in [5.41, 5.74) is -0.248. The lowest BCUT2D eigenvalue weighted by atomic mass is 9.93. The molecule has 0 saturated carbocycles. The third kappa shape index (κ3) is 6.38. The van der Waals surface area contributed by atoms with Crippen LogP contribution in [0.3, 0.4) is 0 Å². The van der Waals surface area contributed by atoms with Crippen molar-refractivity contribution >= 4 is 17.8 Å². The molecule has 1 saturated heterocycles. The number of nitrogens with one attached hydrogen (secondary N) is 3.